The molecule has 4 saturated heterocycles. The molecule has 8 aliphatic heterocycles. The number of rotatable bonds is 13. The van der Waals surface area contributed by atoms with E-state index in [-0.39, 0.29) is 228 Å². The van der Waals surface area contributed by atoms with E-state index in [1.807, 2.05) is 0 Å². The zero-order valence-electron chi connectivity index (χ0n) is 70.4. The number of nitrogens with two attached hydrogens (primary N) is 1. The van der Waals surface area contributed by atoms with Crippen LogP contribution in [0.3, 0.4) is 0 Å². The maximum atomic E-state index is 13.6. The average molecular weight is 2060 g/mol. The molecule has 20 rings (SSSR count). The second kappa shape index (κ2) is 40.6. The van der Waals surface area contributed by atoms with Crippen molar-refractivity contribution in [1.29, 1.82) is 0 Å². The number of pyridine rings is 4. The molecule has 8 aromatic rings. The smallest absolute Gasteiger partial charge is 1.00 e. The van der Waals surface area contributed by atoms with Gasteiger partial charge in [-0.3, -0.25) is 52.7 Å². The topological polar surface area (TPSA) is 416 Å². The van der Waals surface area contributed by atoms with Gasteiger partial charge in [0.2, 0.25) is 21.7 Å². The summed E-state index contributed by atoms with van der Waals surface area (Å²) >= 11 is 17.0. The van der Waals surface area contributed by atoms with Gasteiger partial charge in [0.05, 0.1) is 85.4 Å². The van der Waals surface area contributed by atoms with Crippen LogP contribution in [-0.2, 0) is 77.5 Å². The molecule has 7 amide bonds. The quantitative estimate of drug-likeness (QED) is 0.0644. The van der Waals surface area contributed by atoms with E-state index in [0.717, 1.165) is 89.2 Å². The van der Waals surface area contributed by atoms with Gasteiger partial charge in [-0.1, -0.05) is 59.1 Å². The molecule has 702 valence electrons. The molecular weight excluding hydrogens is 1970 g/mol. The number of nitrogens with one attached hydrogen (secondary N) is 3. The van der Waals surface area contributed by atoms with E-state index in [9.17, 15) is 104 Å². The molecule has 8 fully saturated rings. The summed E-state index contributed by atoms with van der Waals surface area (Å²) < 4.78 is 130. The predicted octanol–water partition coefficient (Wildman–Crippen LogP) is 2.55. The first kappa shape index (κ1) is 100. The van der Waals surface area contributed by atoms with Crippen LogP contribution in [0.5, 0.6) is 23.0 Å². The molecule has 33 nitrogen and oxygen atoms in total. The van der Waals surface area contributed by atoms with Crippen LogP contribution in [0.15, 0.2) is 117 Å². The normalized spacial score (nSPS) is 22.9. The van der Waals surface area contributed by atoms with E-state index in [4.69, 9.17) is 69.0 Å². The number of carboxylic acid groups (broad SMARTS) is 1. The van der Waals surface area contributed by atoms with Crippen molar-refractivity contribution in [3.05, 3.63) is 250 Å². The molecule has 8 bridgehead atoms. The van der Waals surface area contributed by atoms with E-state index in [0.29, 0.717) is 29.8 Å². The Bertz CT molecular complexity index is 6100. The van der Waals surface area contributed by atoms with Crippen molar-refractivity contribution in [2.75, 3.05) is 14.2 Å². The van der Waals surface area contributed by atoms with Crippen molar-refractivity contribution in [2.24, 2.45) is 5.73 Å². The van der Waals surface area contributed by atoms with E-state index in [1.54, 1.807) is 42.4 Å². The number of aromatic nitrogens is 4. The second-order valence-corrected chi connectivity index (χ2v) is 34.2. The summed E-state index contributed by atoms with van der Waals surface area (Å²) in [4.78, 5) is 159. The third-order valence-electron chi connectivity index (χ3n) is 25.0. The first-order chi connectivity index (χ1) is 62.0. The molecule has 12 atom stereocenters. The Hall–Kier alpha value is -10.5. The van der Waals surface area contributed by atoms with Crippen LogP contribution in [0.1, 0.15) is 188 Å². The Kier molecular flexibility index (Phi) is 30.5. The summed E-state index contributed by atoms with van der Waals surface area (Å²) in [5.74, 6) is -10.1. The van der Waals surface area contributed by atoms with Gasteiger partial charge in [-0.15, -0.1) is 0 Å². The van der Waals surface area contributed by atoms with Gasteiger partial charge in [0.15, 0.2) is 70.7 Å². The van der Waals surface area contributed by atoms with Gasteiger partial charge in [-0.05, 0) is 148 Å². The number of ether oxygens (including phenoxy) is 6. The fourth-order valence-electron chi connectivity index (χ4n) is 18.9. The largest absolute Gasteiger partial charge is 2.00 e. The van der Waals surface area contributed by atoms with Crippen molar-refractivity contribution >= 4 is 105 Å². The van der Waals surface area contributed by atoms with Gasteiger partial charge in [0.1, 0.15) is 45.5 Å². The van der Waals surface area contributed by atoms with E-state index in [1.165, 1.54) is 95.2 Å². The zero-order valence-corrected chi connectivity index (χ0v) is 77.2. The summed E-state index contributed by atoms with van der Waals surface area (Å²) in [6.45, 7) is 0.891. The molecule has 4 aromatic carbocycles. The molecule has 4 saturated carbocycles. The molecular formula is C87H82Br2Cl3F7MgN12O21. The number of fused-ring (bicyclic) bond motifs is 20. The number of aromatic hydroxyl groups is 2. The molecule has 4 aromatic heterocycles. The monoisotopic (exact) mass is 2050 g/mol. The molecule has 133 heavy (non-hydrogen) atoms. The third kappa shape index (κ3) is 19.8. The SMILES string of the molecule is COc1c2n(cc(C(=O)NCc3ccc(Cl)c(F)c3)c1=O)C[C@@H]1O[C@H]3CC[C@H](C3)N1C2=O.COc1c2n(cc(C(=O)O)c1=O)C[C@@H]1O[C@H]3CC[C@H](C3)N1C2=O.NCc1ccc(F)c(C(F)(F)F)c1.O=C(NCc1ccc(Cl)c(F)c1)c1cn2c(c(O)c1=O)C(=O)N1[C@@H]3CC[C@@H](C3)O[C@H]1C2.O=C(NCc1ccc(Cl)c(F)c1)c1cn2c(c(O)c1=O)C(=O)N1[C@@H]3CC[C@@H](C3)O[C@H]1C2.[Br-].[Br-].[Mg+2]. The summed E-state index contributed by atoms with van der Waals surface area (Å²) in [5.41, 5.74) is 0.960. The van der Waals surface area contributed by atoms with Gasteiger partial charge < -0.3 is 137 Å². The van der Waals surface area contributed by atoms with Gasteiger partial charge >= 0.3 is 35.2 Å². The summed E-state index contributed by atoms with van der Waals surface area (Å²) in [5, 5.41) is 37.7. The van der Waals surface area contributed by atoms with Crippen LogP contribution in [0.2, 0.25) is 15.1 Å². The maximum absolute atomic E-state index is 13.6. The van der Waals surface area contributed by atoms with E-state index in [2.05, 4.69) is 16.0 Å². The Morgan fingerprint density at radius 1 is 0.429 bits per heavy atom. The van der Waals surface area contributed by atoms with Gasteiger partial charge in [0.25, 0.3) is 41.4 Å². The first-order valence-electron chi connectivity index (χ1n) is 41.4. The van der Waals surface area contributed by atoms with Crippen LogP contribution in [0.4, 0.5) is 30.7 Å². The summed E-state index contributed by atoms with van der Waals surface area (Å²) in [6.07, 6.45) is 9.08. The fraction of sp³-hybridized carbons (Fsp3) is 0.402. The van der Waals surface area contributed by atoms with Crippen LogP contribution < -0.4 is 86.8 Å². The van der Waals surface area contributed by atoms with Gasteiger partial charge in [-0.2, -0.15) is 13.2 Å². The van der Waals surface area contributed by atoms with E-state index < -0.39 is 134 Å². The predicted molar refractivity (Wildman–Crippen MR) is 449 cm³/mol. The summed E-state index contributed by atoms with van der Waals surface area (Å²) in [6, 6.07) is 15.3. The van der Waals surface area contributed by atoms with Crippen LogP contribution >= 0.6 is 34.8 Å². The zero-order chi connectivity index (χ0) is 92.7. The minimum Gasteiger partial charge on any atom is -1.00 e. The molecule has 12 heterocycles. The molecule has 0 radical (unpaired) electrons. The number of methoxy groups -OCH3 is 2. The Labute approximate surface area is 802 Å². The fourth-order valence-corrected chi connectivity index (χ4v) is 19.2. The van der Waals surface area contributed by atoms with E-state index >= 15 is 0 Å². The molecule has 4 aliphatic carbocycles. The van der Waals surface area contributed by atoms with Crippen LogP contribution in [0, 0.1) is 23.3 Å². The number of aromatic carboxylic acids is 1. The number of hydrogen-bond donors (Lipinski definition) is 7. The summed E-state index contributed by atoms with van der Waals surface area (Å²) in [7, 11) is 2.56. The molecule has 0 spiro atoms. The molecule has 8 N–H and O–H groups in total. The number of benzene rings is 4. The van der Waals surface area contributed by atoms with Crippen molar-refractivity contribution in [1.82, 2.24) is 53.8 Å². The maximum Gasteiger partial charge on any atom is 2.00 e. The number of hydrogen-bond acceptors (Lipinski definition) is 21. The number of alkyl halides is 3. The van der Waals surface area contributed by atoms with Crippen LogP contribution in [0.25, 0.3) is 0 Å². The van der Waals surface area contributed by atoms with Crippen molar-refractivity contribution in [3.63, 3.8) is 0 Å². The first-order valence-corrected chi connectivity index (χ1v) is 42.6. The Morgan fingerprint density at radius 2 is 0.714 bits per heavy atom. The number of carbonyl (C=O) groups excluding carboxylic acids is 7. The Balaban J connectivity index is 0.000000144. The molecule has 0 unspecified atom stereocenters. The number of halogens is 12. The number of carbonyl (C=O) groups is 8. The average Bonchev–Trinajstić information content (AvgIpc) is 1.73. The van der Waals surface area contributed by atoms with Crippen LogP contribution in [-0.4, -0.2) is 211 Å². The van der Waals surface area contributed by atoms with Crippen molar-refractivity contribution in [2.45, 2.75) is 209 Å². The minimum atomic E-state index is -4.66. The standard InChI is InChI=1S/C22H21ClFN3O5.2C21H19ClFN3O5.C15H16N2O6.C8H7F4N.2BrH.Mg/c1-31-20-18-22(30)27-12-3-4-13(7-12)32-17(27)10-26(18)9-14(19(20)28)21(29)25-8-11-2-5-15(23)16(24)6-11;2*22-14-4-1-10(5-15(14)23)7-24-20(29)13-8-25-9-16-26(11-2-3-12(6-11)31-16)21(30)17(25)19(28)18(13)27;1-22-13-11-14(19)17-7-2-3-8(4-7)23-10(17)6-16(11)5-9(12(13)18)15(20)21;9-7-2-1-5(4-13)3-6(7)8(10,11)12;;;/h2,5-6,9,12-13,17H,3-4,7-8,10H2,1H3,(H,25,29);2*1,4-5,8,11-12,16,28H,2-3,6-7,9H2,(H,24,29);5,7-8,10H,2-4,6H2,1H3,(H,20,21);1-3H,4,13H2;2*1H;/q;;;;;;;+2/p-2/t12-,13+,17+;2*11-,12+,16+;7-,8+,10+;;;;/m1111..../s1. The third-order valence-corrected chi connectivity index (χ3v) is 26.0. The van der Waals surface area contributed by atoms with Crippen molar-refractivity contribution in [3.8, 4) is 23.0 Å². The van der Waals surface area contributed by atoms with Gasteiger partial charge in [0, 0.05) is 75.1 Å². The van der Waals surface area contributed by atoms with Crippen molar-refractivity contribution < 1.29 is 147 Å². The van der Waals surface area contributed by atoms with Gasteiger partial charge in [-0.25, -0.2) is 22.4 Å². The second-order valence-electron chi connectivity index (χ2n) is 32.9. The molecule has 12 aliphatic rings. The number of amides is 7. The minimum absolute atomic E-state index is 0. The number of carboxylic acids is 1. The molecule has 46 heteroatoms. The Morgan fingerprint density at radius 3 is 1.01 bits per heavy atom. The number of nitrogens with zero attached hydrogens (tertiary/aromatic N) is 8.